The van der Waals surface area contributed by atoms with Crippen LogP contribution in [0, 0.1) is 0 Å². The van der Waals surface area contributed by atoms with Gasteiger partial charge in [-0.3, -0.25) is 0 Å². The largest absolute Gasteiger partial charge is 0.493 e. The second-order valence-corrected chi connectivity index (χ2v) is 6.78. The lowest BCUT2D eigenvalue weighted by molar-refractivity contribution is -0.0173. The van der Waals surface area contributed by atoms with Gasteiger partial charge < -0.3 is 14.2 Å². The zero-order valence-corrected chi connectivity index (χ0v) is 15.0. The maximum absolute atomic E-state index is 5.81. The monoisotopic (exact) mass is 318 g/mol. The van der Waals surface area contributed by atoms with Crippen molar-refractivity contribution < 1.29 is 14.2 Å². The molecule has 1 aromatic rings. The van der Waals surface area contributed by atoms with Crippen molar-refractivity contribution in [2.45, 2.75) is 59.0 Å². The van der Waals surface area contributed by atoms with Crippen LogP contribution in [0.25, 0.3) is 0 Å². The molecule has 3 nitrogen and oxygen atoms in total. The van der Waals surface area contributed by atoms with E-state index in [1.807, 2.05) is 19.1 Å². The molecule has 1 heterocycles. The van der Waals surface area contributed by atoms with Crippen molar-refractivity contribution in [2.24, 2.45) is 0 Å². The van der Waals surface area contributed by atoms with Crippen LogP contribution in [0.4, 0.5) is 0 Å². The molecule has 0 radical (unpaired) electrons. The molecule has 0 aromatic heterocycles. The van der Waals surface area contributed by atoms with Gasteiger partial charge in [0.05, 0.1) is 12.2 Å². The summed E-state index contributed by atoms with van der Waals surface area (Å²) in [7, 11) is 0. The van der Waals surface area contributed by atoms with Gasteiger partial charge in [-0.25, -0.2) is 0 Å². The molecule has 23 heavy (non-hydrogen) atoms. The van der Waals surface area contributed by atoms with Crippen molar-refractivity contribution in [3.05, 3.63) is 35.4 Å². The van der Waals surface area contributed by atoms with Crippen LogP contribution in [-0.4, -0.2) is 25.4 Å². The molecule has 0 spiro atoms. The summed E-state index contributed by atoms with van der Waals surface area (Å²) in [5, 5.41) is 0. The van der Waals surface area contributed by atoms with Gasteiger partial charge in [-0.15, -0.1) is 0 Å². The van der Waals surface area contributed by atoms with E-state index in [9.17, 15) is 0 Å². The minimum Gasteiger partial charge on any atom is -0.493 e. The number of fused-ring (bicyclic) bond motifs is 1. The highest BCUT2D eigenvalue weighted by Gasteiger charge is 2.16. The molecule has 2 rings (SSSR count). The van der Waals surface area contributed by atoms with E-state index >= 15 is 0 Å². The number of hydrogen-bond acceptors (Lipinski definition) is 3. The van der Waals surface area contributed by atoms with Crippen LogP contribution >= 0.6 is 0 Å². The lowest BCUT2D eigenvalue weighted by Gasteiger charge is -2.24. The maximum Gasteiger partial charge on any atom is 0.126 e. The van der Waals surface area contributed by atoms with Crippen LogP contribution in [0.15, 0.2) is 29.8 Å². The molecule has 1 aliphatic heterocycles. The third-order valence-corrected chi connectivity index (χ3v) is 4.23. The molecule has 1 aromatic carbocycles. The Morgan fingerprint density at radius 2 is 2.17 bits per heavy atom. The minimum atomic E-state index is -0.0179. The molecule has 0 saturated heterocycles. The van der Waals surface area contributed by atoms with Gasteiger partial charge in [-0.1, -0.05) is 11.6 Å². The van der Waals surface area contributed by atoms with Gasteiger partial charge >= 0.3 is 0 Å². The Hall–Kier alpha value is -1.48. The number of benzene rings is 1. The predicted octanol–water partition coefficient (Wildman–Crippen LogP) is 4.93. The molecule has 0 N–H and O–H groups in total. The second-order valence-electron chi connectivity index (χ2n) is 6.78. The molecule has 0 saturated carbocycles. The van der Waals surface area contributed by atoms with Crippen molar-refractivity contribution in [1.29, 1.82) is 0 Å². The Labute approximate surface area is 140 Å². The number of ether oxygens (including phenoxy) is 3. The van der Waals surface area contributed by atoms with Gasteiger partial charge in [0.25, 0.3) is 0 Å². The summed E-state index contributed by atoms with van der Waals surface area (Å²) < 4.78 is 17.1. The summed E-state index contributed by atoms with van der Waals surface area (Å²) in [5.41, 5.74) is 2.63. The summed E-state index contributed by atoms with van der Waals surface area (Å²) in [6.45, 7) is 10.7. The second kappa shape index (κ2) is 8.39. The lowest BCUT2D eigenvalue weighted by Crippen LogP contribution is -2.24. The van der Waals surface area contributed by atoms with E-state index in [2.05, 4.69) is 32.9 Å². The molecule has 0 bridgehead atoms. The van der Waals surface area contributed by atoms with E-state index in [4.69, 9.17) is 14.2 Å². The first-order valence-corrected chi connectivity index (χ1v) is 8.68. The maximum atomic E-state index is 5.81. The topological polar surface area (TPSA) is 27.7 Å². The van der Waals surface area contributed by atoms with Crippen molar-refractivity contribution in [3.8, 4) is 11.5 Å². The summed E-state index contributed by atoms with van der Waals surface area (Å²) in [6, 6.07) is 6.13. The fraction of sp³-hybridized carbons (Fsp3) is 0.600. The van der Waals surface area contributed by atoms with Crippen molar-refractivity contribution >= 4 is 0 Å². The summed E-state index contributed by atoms with van der Waals surface area (Å²) in [4.78, 5) is 0. The van der Waals surface area contributed by atoms with E-state index in [1.165, 1.54) is 11.1 Å². The van der Waals surface area contributed by atoms with Crippen LogP contribution in [0.1, 0.15) is 52.5 Å². The Balaban J connectivity index is 1.70. The van der Waals surface area contributed by atoms with Crippen LogP contribution in [0.5, 0.6) is 11.5 Å². The Kier molecular flexibility index (Phi) is 6.52. The van der Waals surface area contributed by atoms with Gasteiger partial charge in [0.2, 0.25) is 0 Å². The van der Waals surface area contributed by atoms with Crippen molar-refractivity contribution in [3.63, 3.8) is 0 Å². The fourth-order valence-electron chi connectivity index (χ4n) is 2.87. The lowest BCUT2D eigenvalue weighted by atomic mass is 9.99. The predicted molar refractivity (Wildman–Crippen MR) is 94.4 cm³/mol. The average molecular weight is 318 g/mol. The van der Waals surface area contributed by atoms with E-state index in [-0.39, 0.29) is 5.60 Å². The molecule has 0 unspecified atom stereocenters. The SMILES string of the molecule is CCOC(C)(C)CCCC(C)=CCOc1ccc2c(c1)OCC2. The summed E-state index contributed by atoms with van der Waals surface area (Å²) in [5.74, 6) is 1.86. The number of rotatable bonds is 9. The van der Waals surface area contributed by atoms with Crippen LogP contribution < -0.4 is 9.47 Å². The highest BCUT2D eigenvalue weighted by molar-refractivity contribution is 5.42. The molecule has 128 valence electrons. The number of allylic oxidation sites excluding steroid dienone is 1. The standard InChI is InChI=1S/C20H30O3/c1-5-23-20(3,4)12-6-7-16(2)10-13-21-18-9-8-17-11-14-22-19(17)15-18/h8-10,15H,5-7,11-14H2,1-4H3. The van der Waals surface area contributed by atoms with Crippen LogP contribution in [-0.2, 0) is 11.2 Å². The zero-order valence-electron chi connectivity index (χ0n) is 15.0. The van der Waals surface area contributed by atoms with Gasteiger partial charge in [-0.2, -0.15) is 0 Å². The van der Waals surface area contributed by atoms with Gasteiger partial charge in [0, 0.05) is 19.1 Å². The highest BCUT2D eigenvalue weighted by atomic mass is 16.5. The molecular formula is C20H30O3. The fourth-order valence-corrected chi connectivity index (χ4v) is 2.87. The molecule has 0 atom stereocenters. The van der Waals surface area contributed by atoms with Gasteiger partial charge in [-0.05, 0) is 64.7 Å². The first-order valence-electron chi connectivity index (χ1n) is 8.68. The van der Waals surface area contributed by atoms with E-state index in [0.717, 1.165) is 50.4 Å². The normalized spacial score (nSPS) is 14.5. The Bertz CT molecular complexity index is 532. The quantitative estimate of drug-likeness (QED) is 0.604. The van der Waals surface area contributed by atoms with Crippen molar-refractivity contribution in [2.75, 3.05) is 19.8 Å². The molecule has 1 aliphatic rings. The van der Waals surface area contributed by atoms with E-state index < -0.39 is 0 Å². The summed E-state index contributed by atoms with van der Waals surface area (Å²) in [6.07, 6.45) is 6.48. The molecular weight excluding hydrogens is 288 g/mol. The van der Waals surface area contributed by atoms with Crippen LogP contribution in [0.3, 0.4) is 0 Å². The number of hydrogen-bond donors (Lipinski definition) is 0. The first kappa shape index (κ1) is 17.9. The smallest absolute Gasteiger partial charge is 0.126 e. The Morgan fingerprint density at radius 3 is 2.96 bits per heavy atom. The van der Waals surface area contributed by atoms with E-state index in [1.54, 1.807) is 0 Å². The average Bonchev–Trinajstić information content (AvgIpc) is 2.94. The minimum absolute atomic E-state index is 0.0179. The third kappa shape index (κ3) is 5.91. The molecule has 0 aliphatic carbocycles. The Morgan fingerprint density at radius 1 is 1.35 bits per heavy atom. The molecule has 0 amide bonds. The van der Waals surface area contributed by atoms with Crippen molar-refractivity contribution in [1.82, 2.24) is 0 Å². The zero-order chi connectivity index (χ0) is 16.7. The third-order valence-electron chi connectivity index (χ3n) is 4.23. The molecule has 0 fully saturated rings. The van der Waals surface area contributed by atoms with Crippen LogP contribution in [0.2, 0.25) is 0 Å². The molecule has 3 heteroatoms. The van der Waals surface area contributed by atoms with Gasteiger partial charge in [0.1, 0.15) is 18.1 Å². The first-order chi connectivity index (χ1) is 11.0. The highest BCUT2D eigenvalue weighted by Crippen LogP contribution is 2.29. The van der Waals surface area contributed by atoms with E-state index in [0.29, 0.717) is 6.61 Å². The van der Waals surface area contributed by atoms with Gasteiger partial charge in [0.15, 0.2) is 0 Å². The summed E-state index contributed by atoms with van der Waals surface area (Å²) >= 11 is 0.